The molecule has 0 saturated carbocycles. The molecule has 1 atom stereocenters. The molecular weight excluding hydrogens is 450 g/mol. The van der Waals surface area contributed by atoms with E-state index < -0.39 is 0 Å². The molecule has 1 aliphatic rings. The fraction of sp³-hybridized carbons (Fsp3) is 0.192. The van der Waals surface area contributed by atoms with Crippen LogP contribution in [0.5, 0.6) is 11.5 Å². The van der Waals surface area contributed by atoms with Gasteiger partial charge in [-0.05, 0) is 48.2 Å². The molecule has 0 saturated heterocycles. The fourth-order valence-electron chi connectivity index (χ4n) is 4.15. The Labute approximate surface area is 204 Å². The van der Waals surface area contributed by atoms with Crippen LogP contribution in [0.25, 0.3) is 10.8 Å². The van der Waals surface area contributed by atoms with Crippen LogP contribution in [0, 0.1) is 11.3 Å². The highest BCUT2D eigenvalue weighted by Gasteiger charge is 2.21. The maximum atomic E-state index is 13.2. The first kappa shape index (κ1) is 23.3. The summed E-state index contributed by atoms with van der Waals surface area (Å²) in [5.41, 5.74) is 3.20. The second-order valence-corrected chi connectivity index (χ2v) is 8.22. The van der Waals surface area contributed by atoms with Crippen LogP contribution in [0.4, 0.5) is 5.69 Å². The first-order valence-electron chi connectivity index (χ1n) is 10.8. The third-order valence-corrected chi connectivity index (χ3v) is 6.03. The fourth-order valence-corrected chi connectivity index (χ4v) is 4.15. The Morgan fingerprint density at radius 1 is 1.18 bits per heavy atom. The molecule has 0 spiro atoms. The largest absolute Gasteiger partial charge is 0.456 e. The monoisotopic (exact) mass is 473 g/mol. The van der Waals surface area contributed by atoms with Crippen molar-refractivity contribution in [3.05, 3.63) is 83.9 Å². The Kier molecular flexibility index (Phi) is 6.55. The number of hydrogen-bond donors (Lipinski definition) is 1. The van der Waals surface area contributed by atoms with Gasteiger partial charge in [-0.3, -0.25) is 4.79 Å². The number of nitrogens with zero attached hydrogens (tertiary/aromatic N) is 4. The molecule has 0 fully saturated rings. The number of likely N-dealkylation sites (N-methyl/N-ethyl adjacent to an activating group) is 1. The molecule has 3 aromatic carbocycles. The molecule has 0 radical (unpaired) electrons. The predicted octanol–water partition coefficient (Wildman–Crippen LogP) is 4.62. The quantitative estimate of drug-likeness (QED) is 0.402. The van der Waals surface area contributed by atoms with Crippen LogP contribution in [0.3, 0.4) is 0 Å². The molecule has 4 bridgehead atoms. The zero-order valence-electron chi connectivity index (χ0n) is 18.9. The number of nitriles is 1. The minimum Gasteiger partial charge on any atom is -0.456 e. The molecule has 1 amide bonds. The summed E-state index contributed by atoms with van der Waals surface area (Å²) in [6.45, 7) is 2.94. The molecular formula is C26H24ClN5O2. The van der Waals surface area contributed by atoms with Crippen molar-refractivity contribution in [1.82, 2.24) is 14.9 Å². The molecule has 34 heavy (non-hydrogen) atoms. The van der Waals surface area contributed by atoms with E-state index >= 15 is 0 Å². The molecule has 1 aliphatic heterocycles. The number of carbonyl (C=O) groups excluding carboxylic acids is 1. The lowest BCUT2D eigenvalue weighted by Gasteiger charge is -2.24. The third-order valence-electron chi connectivity index (χ3n) is 6.03. The molecule has 1 aromatic heterocycles. The standard InChI is InChI=1S/C26H23N5O2.ClH/c1-17-26(32)30(2)24-5-3-4-19-8-9-22(11-23(19)24)33-25-10-18(6-7-20(25)12-27)15-31-16-28-13-21(31)14-29-17;/h3-11,13,16-17,29H,14-15H2,1-2H3;1H/t17-;/m1./s1. The molecule has 0 aliphatic carbocycles. The Bertz CT molecular complexity index is 1410. The van der Waals surface area contributed by atoms with Gasteiger partial charge in [0.25, 0.3) is 0 Å². The lowest BCUT2D eigenvalue weighted by Crippen LogP contribution is -2.43. The number of rotatable bonds is 0. The maximum Gasteiger partial charge on any atom is 0.243 e. The smallest absolute Gasteiger partial charge is 0.243 e. The van der Waals surface area contributed by atoms with E-state index in [0.29, 0.717) is 30.2 Å². The first-order valence-corrected chi connectivity index (χ1v) is 10.8. The van der Waals surface area contributed by atoms with Crippen molar-refractivity contribution in [3.63, 3.8) is 0 Å². The summed E-state index contributed by atoms with van der Waals surface area (Å²) in [6, 6.07) is 19.1. The zero-order valence-corrected chi connectivity index (χ0v) is 19.7. The van der Waals surface area contributed by atoms with Crippen molar-refractivity contribution in [2.24, 2.45) is 0 Å². The average Bonchev–Trinajstić information content (AvgIpc) is 3.27. The lowest BCUT2D eigenvalue weighted by molar-refractivity contribution is -0.119. The third kappa shape index (κ3) is 4.34. The van der Waals surface area contributed by atoms with Crippen LogP contribution in [-0.4, -0.2) is 28.5 Å². The van der Waals surface area contributed by atoms with Gasteiger partial charge in [-0.25, -0.2) is 4.98 Å². The number of aromatic nitrogens is 2. The number of hydrogen-bond acceptors (Lipinski definition) is 5. The zero-order chi connectivity index (χ0) is 22.9. The van der Waals surface area contributed by atoms with Crippen molar-refractivity contribution >= 4 is 34.8 Å². The minimum absolute atomic E-state index is 0. The summed E-state index contributed by atoms with van der Waals surface area (Å²) in [6.07, 6.45) is 3.56. The number of ether oxygens (including phenoxy) is 1. The molecule has 4 aromatic rings. The van der Waals surface area contributed by atoms with E-state index in [9.17, 15) is 10.1 Å². The van der Waals surface area contributed by atoms with Gasteiger partial charge in [0.05, 0.1) is 29.3 Å². The van der Waals surface area contributed by atoms with Gasteiger partial charge in [-0.2, -0.15) is 5.26 Å². The van der Waals surface area contributed by atoms with Crippen molar-refractivity contribution in [2.45, 2.75) is 26.1 Å². The van der Waals surface area contributed by atoms with E-state index in [1.54, 1.807) is 30.5 Å². The molecule has 5 rings (SSSR count). The van der Waals surface area contributed by atoms with Gasteiger partial charge >= 0.3 is 0 Å². The summed E-state index contributed by atoms with van der Waals surface area (Å²) in [4.78, 5) is 19.2. The van der Waals surface area contributed by atoms with Crippen LogP contribution in [0.2, 0.25) is 0 Å². The van der Waals surface area contributed by atoms with E-state index in [2.05, 4.69) is 16.4 Å². The van der Waals surface area contributed by atoms with E-state index in [-0.39, 0.29) is 24.4 Å². The summed E-state index contributed by atoms with van der Waals surface area (Å²) in [5, 5.41) is 14.8. The molecule has 8 heteroatoms. The van der Waals surface area contributed by atoms with E-state index in [1.807, 2.05) is 60.0 Å². The van der Waals surface area contributed by atoms with Gasteiger partial charge in [-0.15, -0.1) is 12.4 Å². The van der Waals surface area contributed by atoms with E-state index in [4.69, 9.17) is 4.74 Å². The first-order chi connectivity index (χ1) is 16.0. The second-order valence-electron chi connectivity index (χ2n) is 8.22. The Balaban J connectivity index is 0.00000274. The molecule has 7 nitrogen and oxygen atoms in total. The highest BCUT2D eigenvalue weighted by Crippen LogP contribution is 2.33. The van der Waals surface area contributed by atoms with Gasteiger partial charge in [0.2, 0.25) is 5.91 Å². The van der Waals surface area contributed by atoms with Gasteiger partial charge < -0.3 is 19.5 Å². The van der Waals surface area contributed by atoms with Crippen molar-refractivity contribution < 1.29 is 9.53 Å². The van der Waals surface area contributed by atoms with E-state index in [0.717, 1.165) is 27.7 Å². The van der Waals surface area contributed by atoms with Crippen LogP contribution < -0.4 is 15.0 Å². The number of nitrogens with one attached hydrogen (secondary N) is 1. The van der Waals surface area contributed by atoms with Gasteiger partial charge in [0, 0.05) is 31.7 Å². The second kappa shape index (κ2) is 9.56. The van der Waals surface area contributed by atoms with Crippen molar-refractivity contribution in [2.75, 3.05) is 11.9 Å². The number of halogens is 1. The van der Waals surface area contributed by atoms with Gasteiger partial charge in [0.1, 0.15) is 17.6 Å². The van der Waals surface area contributed by atoms with Gasteiger partial charge in [0.15, 0.2) is 0 Å². The Morgan fingerprint density at radius 2 is 2.03 bits per heavy atom. The van der Waals surface area contributed by atoms with Crippen molar-refractivity contribution in [1.29, 1.82) is 5.26 Å². The number of benzene rings is 3. The highest BCUT2D eigenvalue weighted by atomic mass is 35.5. The highest BCUT2D eigenvalue weighted by molar-refractivity contribution is 6.05. The molecule has 2 heterocycles. The van der Waals surface area contributed by atoms with Crippen LogP contribution in [0.15, 0.2) is 67.1 Å². The maximum absolute atomic E-state index is 13.2. The number of fused-ring (bicyclic) bond motifs is 4. The molecule has 0 unspecified atom stereocenters. The van der Waals surface area contributed by atoms with E-state index in [1.165, 1.54) is 0 Å². The molecule has 172 valence electrons. The normalized spacial score (nSPS) is 15.9. The number of imidazole rings is 1. The summed E-state index contributed by atoms with van der Waals surface area (Å²) in [5.74, 6) is 1.06. The number of anilines is 1. The lowest BCUT2D eigenvalue weighted by atomic mass is 10.1. The van der Waals surface area contributed by atoms with Crippen LogP contribution in [0.1, 0.15) is 23.7 Å². The Hall–Kier alpha value is -3.86. The van der Waals surface area contributed by atoms with Crippen molar-refractivity contribution in [3.8, 4) is 17.6 Å². The van der Waals surface area contributed by atoms with Crippen LogP contribution in [-0.2, 0) is 17.9 Å². The van der Waals surface area contributed by atoms with Crippen LogP contribution >= 0.6 is 12.4 Å². The SMILES string of the molecule is C[C@H]1NCc2cncn2Cc2ccc(C#N)c(c2)Oc2ccc3cccc(c3c2)N(C)C1=O.Cl. The Morgan fingerprint density at radius 3 is 2.85 bits per heavy atom. The predicted molar refractivity (Wildman–Crippen MR) is 133 cm³/mol. The summed E-state index contributed by atoms with van der Waals surface area (Å²) in [7, 11) is 1.79. The average molecular weight is 474 g/mol. The summed E-state index contributed by atoms with van der Waals surface area (Å²) < 4.78 is 8.21. The topological polar surface area (TPSA) is 83.2 Å². The number of carbonyl (C=O) groups is 1. The molecule has 1 N–H and O–H groups in total. The minimum atomic E-state index is -0.387. The summed E-state index contributed by atoms with van der Waals surface area (Å²) >= 11 is 0. The van der Waals surface area contributed by atoms with Gasteiger partial charge in [-0.1, -0.05) is 24.3 Å². The number of amides is 1.